The van der Waals surface area contributed by atoms with Gasteiger partial charge >= 0.3 is 0 Å². The Labute approximate surface area is 266 Å². The average Bonchev–Trinajstić information content (AvgIpc) is 3.13. The first-order valence-electron chi connectivity index (χ1n) is 15.9. The van der Waals surface area contributed by atoms with Crippen molar-refractivity contribution in [3.05, 3.63) is 170 Å². The highest BCUT2D eigenvalue weighted by molar-refractivity contribution is 6.30. The summed E-state index contributed by atoms with van der Waals surface area (Å²) in [6, 6.07) is 61.9. The van der Waals surface area contributed by atoms with Crippen LogP contribution in [-0.2, 0) is 0 Å². The topological polar surface area (TPSA) is 9.86 Å². The van der Waals surface area contributed by atoms with E-state index in [-0.39, 0.29) is 0 Å². The van der Waals surface area contributed by atoms with E-state index in [4.69, 9.17) is 0 Å². The first-order chi connectivity index (χ1) is 22.9. The Bertz CT molecular complexity index is 2460. The van der Waals surface area contributed by atoms with Crippen LogP contribution in [0.3, 0.4) is 0 Å². The van der Waals surface area contributed by atoms with Gasteiger partial charge in [0.1, 0.15) is 0 Å². The van der Waals surface area contributed by atoms with Crippen LogP contribution in [0, 0.1) is 0 Å². The lowest BCUT2D eigenvalue weighted by molar-refractivity contribution is 1.14. The Hall–Kier alpha value is -6.12. The van der Waals surface area contributed by atoms with E-state index in [2.05, 4.69) is 179 Å². The van der Waals surface area contributed by atoms with Gasteiger partial charge in [-0.2, -0.15) is 0 Å². The Morgan fingerprint density at radius 3 is 1.07 bits per heavy atom. The standard InChI is InChI=1S/C44H28N2/c1-5-15-29(16-6-1)35-27-39-43-41-33(35)23-13-25-37(41)46(32-21-11-4-12-22-32)40-28-36(30-17-7-2-8-18-30)34-24-14-26-38(42(34)44(40)43)45(39)31-19-9-3-10-20-31/h1-28H. The summed E-state index contributed by atoms with van der Waals surface area (Å²) in [5.74, 6) is 0. The molecule has 0 radical (unpaired) electrons. The summed E-state index contributed by atoms with van der Waals surface area (Å²) < 4.78 is 4.98. The van der Waals surface area contributed by atoms with Gasteiger partial charge in [-0.15, -0.1) is 0 Å². The highest BCUT2D eigenvalue weighted by Crippen LogP contribution is 2.53. The van der Waals surface area contributed by atoms with Crippen molar-refractivity contribution in [2.24, 2.45) is 0 Å². The third-order valence-corrected chi connectivity index (χ3v) is 9.65. The number of hydrogen-bond acceptors (Lipinski definition) is 0. The van der Waals surface area contributed by atoms with Crippen LogP contribution >= 0.6 is 0 Å². The molecule has 0 bridgehead atoms. The molecule has 0 saturated heterocycles. The van der Waals surface area contributed by atoms with Crippen LogP contribution in [0.1, 0.15) is 0 Å². The number of hydrogen-bond donors (Lipinski definition) is 0. The molecule has 0 amide bonds. The van der Waals surface area contributed by atoms with Crippen molar-refractivity contribution in [2.75, 3.05) is 0 Å². The molecule has 10 rings (SSSR count). The van der Waals surface area contributed by atoms with Crippen LogP contribution in [0.25, 0.3) is 88.4 Å². The predicted octanol–water partition coefficient (Wildman–Crippen LogP) is 11.8. The van der Waals surface area contributed by atoms with Crippen LogP contribution in [0.5, 0.6) is 0 Å². The van der Waals surface area contributed by atoms with Crippen molar-refractivity contribution in [3.8, 4) is 44.8 Å². The van der Waals surface area contributed by atoms with Gasteiger partial charge in [0.05, 0.1) is 22.1 Å². The van der Waals surface area contributed by atoms with Crippen molar-refractivity contribution < 1.29 is 0 Å². The number of rotatable bonds is 4. The maximum absolute atomic E-state index is 2.49. The molecule has 2 heteroatoms. The molecular formula is C44H28N2. The molecule has 0 aromatic heterocycles. The predicted molar refractivity (Wildman–Crippen MR) is 194 cm³/mol. The Morgan fingerprint density at radius 2 is 0.674 bits per heavy atom. The van der Waals surface area contributed by atoms with Crippen LogP contribution < -0.4 is 0 Å². The van der Waals surface area contributed by atoms with Gasteiger partial charge in [0.2, 0.25) is 0 Å². The molecule has 2 heterocycles. The molecule has 0 spiro atoms. The first-order valence-corrected chi connectivity index (χ1v) is 15.9. The summed E-state index contributed by atoms with van der Waals surface area (Å²) in [5, 5.41) is 5.11. The Morgan fingerprint density at radius 1 is 0.304 bits per heavy atom. The molecular weight excluding hydrogens is 556 g/mol. The molecule has 2 aliphatic rings. The largest absolute Gasteiger partial charge is 0.309 e. The molecule has 0 aliphatic carbocycles. The van der Waals surface area contributed by atoms with Gasteiger partial charge in [-0.1, -0.05) is 121 Å². The van der Waals surface area contributed by atoms with E-state index < -0.39 is 0 Å². The second-order valence-corrected chi connectivity index (χ2v) is 12.1. The average molecular weight is 585 g/mol. The van der Waals surface area contributed by atoms with Crippen molar-refractivity contribution in [1.82, 2.24) is 9.13 Å². The molecule has 0 fully saturated rings. The van der Waals surface area contributed by atoms with E-state index in [9.17, 15) is 0 Å². The molecule has 214 valence electrons. The summed E-state index contributed by atoms with van der Waals surface area (Å²) in [5.41, 5.74) is 14.7. The molecule has 46 heavy (non-hydrogen) atoms. The second kappa shape index (κ2) is 9.69. The summed E-state index contributed by atoms with van der Waals surface area (Å²) in [6.45, 7) is 0. The lowest BCUT2D eigenvalue weighted by atomic mass is 9.83. The molecule has 0 atom stereocenters. The minimum atomic E-state index is 1.16. The summed E-state index contributed by atoms with van der Waals surface area (Å²) >= 11 is 0. The lowest BCUT2D eigenvalue weighted by Gasteiger charge is -2.30. The van der Waals surface area contributed by atoms with Gasteiger partial charge in [-0.3, -0.25) is 0 Å². The van der Waals surface area contributed by atoms with Crippen molar-refractivity contribution in [2.45, 2.75) is 0 Å². The lowest BCUT2D eigenvalue weighted by Crippen LogP contribution is -2.11. The number of nitrogens with zero attached hydrogens (tertiary/aromatic N) is 2. The number of pyridine rings is 2. The van der Waals surface area contributed by atoms with Gasteiger partial charge in [-0.05, 0) is 81.6 Å². The zero-order valence-electron chi connectivity index (χ0n) is 25.1. The van der Waals surface area contributed by atoms with E-state index >= 15 is 0 Å². The van der Waals surface area contributed by atoms with Crippen molar-refractivity contribution >= 4 is 43.6 Å². The minimum Gasteiger partial charge on any atom is -0.309 e. The molecule has 2 aliphatic heterocycles. The van der Waals surface area contributed by atoms with E-state index in [1.54, 1.807) is 0 Å². The third kappa shape index (κ3) is 3.47. The van der Waals surface area contributed by atoms with Crippen molar-refractivity contribution in [1.29, 1.82) is 0 Å². The number of benzene rings is 8. The second-order valence-electron chi connectivity index (χ2n) is 12.1. The van der Waals surface area contributed by atoms with E-state index in [1.165, 1.54) is 77.0 Å². The normalized spacial score (nSPS) is 11.9. The fourth-order valence-electron chi connectivity index (χ4n) is 7.80. The zero-order valence-corrected chi connectivity index (χ0v) is 25.1. The molecule has 0 N–H and O–H groups in total. The quantitative estimate of drug-likeness (QED) is 0.144. The van der Waals surface area contributed by atoms with E-state index in [0.717, 1.165) is 11.4 Å². The van der Waals surface area contributed by atoms with Gasteiger partial charge in [0.15, 0.2) is 0 Å². The van der Waals surface area contributed by atoms with Crippen LogP contribution in [0.2, 0.25) is 0 Å². The fraction of sp³-hybridized carbons (Fsp3) is 0. The van der Waals surface area contributed by atoms with E-state index in [0.29, 0.717) is 0 Å². The SMILES string of the molecule is c1ccc(-c2cc3c4c5c2cccc5n(-c2ccccc2)c2cc(-c5ccccc5)c5cccc(c5c2-4)n3-c2ccccc2)cc1. The van der Waals surface area contributed by atoms with Crippen LogP contribution in [0.4, 0.5) is 0 Å². The Balaban J connectivity index is 1.55. The summed E-state index contributed by atoms with van der Waals surface area (Å²) in [6.07, 6.45) is 0. The van der Waals surface area contributed by atoms with E-state index in [1.807, 2.05) is 0 Å². The molecule has 0 unspecified atom stereocenters. The van der Waals surface area contributed by atoms with Gasteiger partial charge in [0, 0.05) is 33.3 Å². The highest BCUT2D eigenvalue weighted by atomic mass is 15.0. The number of aromatic nitrogens is 2. The maximum Gasteiger partial charge on any atom is 0.0554 e. The Kier molecular flexibility index (Phi) is 5.31. The summed E-state index contributed by atoms with van der Waals surface area (Å²) in [4.78, 5) is 0. The van der Waals surface area contributed by atoms with Gasteiger partial charge in [-0.25, -0.2) is 0 Å². The zero-order chi connectivity index (χ0) is 30.2. The van der Waals surface area contributed by atoms with Gasteiger partial charge in [0.25, 0.3) is 0 Å². The molecule has 2 nitrogen and oxygen atoms in total. The monoisotopic (exact) mass is 584 g/mol. The maximum atomic E-state index is 2.49. The smallest absolute Gasteiger partial charge is 0.0554 e. The molecule has 8 aromatic carbocycles. The highest BCUT2D eigenvalue weighted by Gasteiger charge is 2.29. The first kappa shape index (κ1) is 25.2. The number of para-hydroxylation sites is 2. The molecule has 8 aromatic rings. The minimum absolute atomic E-state index is 1.16. The van der Waals surface area contributed by atoms with Crippen molar-refractivity contribution in [3.63, 3.8) is 0 Å². The summed E-state index contributed by atoms with van der Waals surface area (Å²) in [7, 11) is 0. The van der Waals surface area contributed by atoms with Crippen LogP contribution in [-0.4, -0.2) is 9.13 Å². The third-order valence-electron chi connectivity index (χ3n) is 9.65. The molecule has 0 saturated carbocycles. The fourth-order valence-corrected chi connectivity index (χ4v) is 7.80. The van der Waals surface area contributed by atoms with Gasteiger partial charge < -0.3 is 9.13 Å². The van der Waals surface area contributed by atoms with Crippen LogP contribution in [0.15, 0.2) is 170 Å².